The van der Waals surface area contributed by atoms with Crippen LogP contribution in [0.15, 0.2) is 42.5 Å². The van der Waals surface area contributed by atoms with Crippen molar-refractivity contribution < 1.29 is 0 Å². The van der Waals surface area contributed by atoms with Crippen molar-refractivity contribution in [3.8, 4) is 11.1 Å². The molecule has 0 spiro atoms. The number of nitrogens with two attached hydrogens (primary N) is 2. The van der Waals surface area contributed by atoms with Gasteiger partial charge in [0.1, 0.15) is 0 Å². The zero-order valence-corrected chi connectivity index (χ0v) is 10.6. The maximum absolute atomic E-state index is 5.79. The predicted molar refractivity (Wildman–Crippen MR) is 77.3 cm³/mol. The molecular formula is C14H17ClN2. The van der Waals surface area contributed by atoms with E-state index in [2.05, 4.69) is 13.0 Å². The van der Waals surface area contributed by atoms with Crippen LogP contribution in [0.4, 0.5) is 11.4 Å². The lowest BCUT2D eigenvalue weighted by Gasteiger charge is -2.09. The van der Waals surface area contributed by atoms with Crippen LogP contribution in [-0.2, 0) is 6.42 Å². The Morgan fingerprint density at radius 3 is 2.06 bits per heavy atom. The highest BCUT2D eigenvalue weighted by molar-refractivity contribution is 5.85. The summed E-state index contributed by atoms with van der Waals surface area (Å²) in [5, 5.41) is 0. The van der Waals surface area contributed by atoms with Crippen LogP contribution >= 0.6 is 12.4 Å². The van der Waals surface area contributed by atoms with Crippen LogP contribution in [0.5, 0.6) is 0 Å². The van der Waals surface area contributed by atoms with Crippen LogP contribution in [0.25, 0.3) is 11.1 Å². The third kappa shape index (κ3) is 2.92. The van der Waals surface area contributed by atoms with Crippen molar-refractivity contribution in [2.45, 2.75) is 13.3 Å². The van der Waals surface area contributed by atoms with Gasteiger partial charge in [-0.3, -0.25) is 0 Å². The normalized spacial score (nSPS) is 9.71. The van der Waals surface area contributed by atoms with Gasteiger partial charge < -0.3 is 11.5 Å². The molecule has 0 bridgehead atoms. The van der Waals surface area contributed by atoms with E-state index < -0.39 is 0 Å². The number of anilines is 2. The molecule has 0 radical (unpaired) electrons. The minimum absolute atomic E-state index is 0. The van der Waals surface area contributed by atoms with Crippen molar-refractivity contribution in [1.29, 1.82) is 0 Å². The summed E-state index contributed by atoms with van der Waals surface area (Å²) in [6.07, 6.45) is 0.977. The van der Waals surface area contributed by atoms with Crippen molar-refractivity contribution in [3.05, 3.63) is 48.0 Å². The van der Waals surface area contributed by atoms with Gasteiger partial charge in [-0.2, -0.15) is 0 Å². The Hall–Kier alpha value is -1.67. The number of halogens is 1. The van der Waals surface area contributed by atoms with Crippen molar-refractivity contribution in [2.24, 2.45) is 0 Å². The van der Waals surface area contributed by atoms with E-state index in [0.29, 0.717) is 0 Å². The van der Waals surface area contributed by atoms with E-state index in [1.165, 1.54) is 16.7 Å². The Labute approximate surface area is 108 Å². The standard InChI is InChI=1S/C14H16N2.ClH/c1-2-10-9-13(16)7-8-14(10)11-3-5-12(15)6-4-11;/h3-9H,2,15-16H2,1H3;1H. The molecule has 2 aromatic rings. The molecule has 3 heteroatoms. The number of nitrogen functional groups attached to an aromatic ring is 2. The Balaban J connectivity index is 0.00000144. The SMILES string of the molecule is CCc1cc(N)ccc1-c1ccc(N)cc1.Cl. The molecule has 0 heterocycles. The Morgan fingerprint density at radius 1 is 0.882 bits per heavy atom. The molecule has 2 aromatic carbocycles. The third-order valence-corrected chi connectivity index (χ3v) is 2.73. The molecule has 0 unspecified atom stereocenters. The van der Waals surface area contributed by atoms with Crippen LogP contribution in [0, 0.1) is 0 Å². The molecule has 0 aliphatic heterocycles. The number of hydrogen-bond donors (Lipinski definition) is 2. The van der Waals surface area contributed by atoms with Gasteiger partial charge in [-0.05, 0) is 47.4 Å². The largest absolute Gasteiger partial charge is 0.399 e. The first-order valence-electron chi connectivity index (χ1n) is 5.45. The van der Waals surface area contributed by atoms with E-state index in [1.807, 2.05) is 36.4 Å². The van der Waals surface area contributed by atoms with Gasteiger partial charge >= 0.3 is 0 Å². The molecule has 90 valence electrons. The van der Waals surface area contributed by atoms with Crippen molar-refractivity contribution in [2.75, 3.05) is 11.5 Å². The Morgan fingerprint density at radius 2 is 1.47 bits per heavy atom. The van der Waals surface area contributed by atoms with Crippen LogP contribution in [0.2, 0.25) is 0 Å². The predicted octanol–water partition coefficient (Wildman–Crippen LogP) is 3.50. The quantitative estimate of drug-likeness (QED) is 0.800. The van der Waals surface area contributed by atoms with Crippen LogP contribution in [0.3, 0.4) is 0 Å². The summed E-state index contributed by atoms with van der Waals surface area (Å²) >= 11 is 0. The van der Waals surface area contributed by atoms with E-state index in [0.717, 1.165) is 17.8 Å². The maximum atomic E-state index is 5.79. The molecule has 4 N–H and O–H groups in total. The smallest absolute Gasteiger partial charge is 0.0317 e. The molecule has 0 saturated heterocycles. The van der Waals surface area contributed by atoms with Crippen LogP contribution in [0.1, 0.15) is 12.5 Å². The molecule has 0 atom stereocenters. The Kier molecular flexibility index (Phi) is 4.41. The van der Waals surface area contributed by atoms with Crippen molar-refractivity contribution in [3.63, 3.8) is 0 Å². The van der Waals surface area contributed by atoms with Gasteiger partial charge in [-0.15, -0.1) is 12.4 Å². The molecule has 0 aromatic heterocycles. The lowest BCUT2D eigenvalue weighted by atomic mass is 9.97. The summed E-state index contributed by atoms with van der Waals surface area (Å²) in [6.45, 7) is 2.13. The fourth-order valence-corrected chi connectivity index (χ4v) is 1.85. The topological polar surface area (TPSA) is 52.0 Å². The Bertz CT molecular complexity index is 492. The van der Waals surface area contributed by atoms with E-state index in [-0.39, 0.29) is 12.4 Å². The van der Waals surface area contributed by atoms with Gasteiger partial charge in [0.25, 0.3) is 0 Å². The fourth-order valence-electron chi connectivity index (χ4n) is 1.85. The number of benzene rings is 2. The molecule has 0 aliphatic carbocycles. The molecule has 0 aliphatic rings. The van der Waals surface area contributed by atoms with Gasteiger partial charge in [0.15, 0.2) is 0 Å². The summed E-state index contributed by atoms with van der Waals surface area (Å²) in [7, 11) is 0. The molecule has 0 saturated carbocycles. The highest BCUT2D eigenvalue weighted by Gasteiger charge is 2.03. The van der Waals surface area contributed by atoms with Crippen LogP contribution in [-0.4, -0.2) is 0 Å². The van der Waals surface area contributed by atoms with E-state index in [1.54, 1.807) is 0 Å². The first-order chi connectivity index (χ1) is 7.70. The van der Waals surface area contributed by atoms with E-state index in [4.69, 9.17) is 11.5 Å². The highest BCUT2D eigenvalue weighted by atomic mass is 35.5. The molecule has 2 nitrogen and oxygen atoms in total. The summed E-state index contributed by atoms with van der Waals surface area (Å²) < 4.78 is 0. The minimum Gasteiger partial charge on any atom is -0.399 e. The molecular weight excluding hydrogens is 232 g/mol. The van der Waals surface area contributed by atoms with Gasteiger partial charge in [-0.25, -0.2) is 0 Å². The number of hydrogen-bond acceptors (Lipinski definition) is 2. The van der Waals surface area contributed by atoms with Gasteiger partial charge in [0, 0.05) is 11.4 Å². The highest BCUT2D eigenvalue weighted by Crippen LogP contribution is 2.26. The lowest BCUT2D eigenvalue weighted by molar-refractivity contribution is 1.14. The van der Waals surface area contributed by atoms with Gasteiger partial charge in [0.2, 0.25) is 0 Å². The summed E-state index contributed by atoms with van der Waals surface area (Å²) in [5.74, 6) is 0. The molecule has 2 rings (SSSR count). The number of aryl methyl sites for hydroxylation is 1. The monoisotopic (exact) mass is 248 g/mol. The summed E-state index contributed by atoms with van der Waals surface area (Å²) in [5.41, 5.74) is 16.8. The molecule has 17 heavy (non-hydrogen) atoms. The van der Waals surface area contributed by atoms with Crippen LogP contribution < -0.4 is 11.5 Å². The first-order valence-corrected chi connectivity index (χ1v) is 5.45. The van der Waals surface area contributed by atoms with Crippen molar-refractivity contribution in [1.82, 2.24) is 0 Å². The molecule has 0 fully saturated rings. The van der Waals surface area contributed by atoms with Gasteiger partial charge in [-0.1, -0.05) is 25.1 Å². The summed E-state index contributed by atoms with van der Waals surface area (Å²) in [6, 6.07) is 14.0. The van der Waals surface area contributed by atoms with Gasteiger partial charge in [0.05, 0.1) is 0 Å². The second-order valence-electron chi connectivity index (χ2n) is 3.89. The second kappa shape index (κ2) is 5.60. The average Bonchev–Trinajstić information content (AvgIpc) is 2.30. The molecule has 0 amide bonds. The van der Waals surface area contributed by atoms with Crippen molar-refractivity contribution >= 4 is 23.8 Å². The lowest BCUT2D eigenvalue weighted by Crippen LogP contribution is -1.92. The van der Waals surface area contributed by atoms with E-state index in [9.17, 15) is 0 Å². The second-order valence-corrected chi connectivity index (χ2v) is 3.89. The summed E-state index contributed by atoms with van der Waals surface area (Å²) in [4.78, 5) is 0. The zero-order chi connectivity index (χ0) is 11.5. The third-order valence-electron chi connectivity index (χ3n) is 2.73. The zero-order valence-electron chi connectivity index (χ0n) is 9.81. The number of rotatable bonds is 2. The average molecular weight is 249 g/mol. The fraction of sp³-hybridized carbons (Fsp3) is 0.143. The first kappa shape index (κ1) is 13.4. The minimum atomic E-state index is 0. The maximum Gasteiger partial charge on any atom is 0.0317 e. The van der Waals surface area contributed by atoms with E-state index >= 15 is 0 Å².